The zero-order valence-corrected chi connectivity index (χ0v) is 25.4. The van der Waals surface area contributed by atoms with Crippen molar-refractivity contribution >= 4 is 23.2 Å². The smallest absolute Gasteiger partial charge is 0.255 e. The van der Waals surface area contributed by atoms with E-state index in [1.807, 2.05) is 18.2 Å². The lowest BCUT2D eigenvalue weighted by Gasteiger charge is -2.46. The van der Waals surface area contributed by atoms with Gasteiger partial charge in [0.05, 0.1) is 17.5 Å². The minimum atomic E-state index is -1.27. The third kappa shape index (κ3) is 5.14. The van der Waals surface area contributed by atoms with Crippen molar-refractivity contribution in [3.05, 3.63) is 70.0 Å². The number of aromatic hydroxyl groups is 1. The SMILES string of the molecule is CCCN(Cc1cccc(-c2ccc(O)c3c2CC2CC4C(C(=O)C(C(N)=O)=C(O)[C@H]4N(C)C)C(=O)C2=C3O)c1)C(C)C. The van der Waals surface area contributed by atoms with Crippen LogP contribution in [-0.2, 0) is 27.3 Å². The Bertz CT molecular complexity index is 1560. The van der Waals surface area contributed by atoms with E-state index in [1.165, 1.54) is 6.07 Å². The number of ketones is 2. The topological polar surface area (TPSA) is 144 Å². The lowest BCUT2D eigenvalue weighted by Crippen LogP contribution is -2.55. The molecule has 0 aliphatic heterocycles. The molecule has 2 aromatic carbocycles. The van der Waals surface area contributed by atoms with Crippen LogP contribution in [0.5, 0.6) is 5.75 Å². The number of amides is 1. The minimum Gasteiger partial charge on any atom is -0.510 e. The molecule has 0 bridgehead atoms. The Kier molecular flexibility index (Phi) is 8.24. The van der Waals surface area contributed by atoms with Gasteiger partial charge in [-0.1, -0.05) is 31.2 Å². The number of benzene rings is 2. The van der Waals surface area contributed by atoms with Crippen molar-refractivity contribution in [3.8, 4) is 16.9 Å². The van der Waals surface area contributed by atoms with Gasteiger partial charge in [0.25, 0.3) is 5.91 Å². The predicted molar refractivity (Wildman–Crippen MR) is 164 cm³/mol. The fourth-order valence-electron chi connectivity index (χ4n) is 7.42. The summed E-state index contributed by atoms with van der Waals surface area (Å²) in [5.41, 5.74) is 8.83. The summed E-state index contributed by atoms with van der Waals surface area (Å²) in [7, 11) is 3.42. The van der Waals surface area contributed by atoms with Crippen LogP contribution in [0.2, 0.25) is 0 Å². The molecule has 1 fully saturated rings. The Hall–Kier alpha value is -3.95. The fourth-order valence-corrected chi connectivity index (χ4v) is 7.42. The second-order valence-electron chi connectivity index (χ2n) is 12.6. The maximum absolute atomic E-state index is 14.0. The number of rotatable bonds is 8. The Morgan fingerprint density at radius 1 is 1.07 bits per heavy atom. The highest BCUT2D eigenvalue weighted by Crippen LogP contribution is 2.51. The number of aliphatic hydroxyl groups excluding tert-OH is 2. The van der Waals surface area contributed by atoms with Crippen LogP contribution in [0.3, 0.4) is 0 Å². The molecule has 0 saturated heterocycles. The summed E-state index contributed by atoms with van der Waals surface area (Å²) in [4.78, 5) is 43.6. The van der Waals surface area contributed by atoms with Gasteiger partial charge in [0.15, 0.2) is 11.6 Å². The van der Waals surface area contributed by atoms with Gasteiger partial charge in [-0.2, -0.15) is 0 Å². The van der Waals surface area contributed by atoms with Crippen LogP contribution in [-0.4, -0.2) is 75.3 Å². The van der Waals surface area contributed by atoms with Crippen LogP contribution in [0.1, 0.15) is 50.3 Å². The van der Waals surface area contributed by atoms with Gasteiger partial charge in [-0.25, -0.2) is 0 Å². The second kappa shape index (κ2) is 11.6. The van der Waals surface area contributed by atoms with Crippen molar-refractivity contribution in [2.75, 3.05) is 20.6 Å². The largest absolute Gasteiger partial charge is 0.510 e. The summed E-state index contributed by atoms with van der Waals surface area (Å²) in [5.74, 6) is -5.76. The number of Topliss-reactive ketones (excluding diaryl/α,β-unsaturated/α-hetero) is 2. The van der Waals surface area contributed by atoms with Crippen LogP contribution in [0.4, 0.5) is 0 Å². The van der Waals surface area contributed by atoms with Gasteiger partial charge >= 0.3 is 0 Å². The number of carbonyl (C=O) groups excluding carboxylic acids is 3. The Morgan fingerprint density at radius 3 is 2.42 bits per heavy atom. The lowest BCUT2D eigenvalue weighted by molar-refractivity contribution is -0.136. The van der Waals surface area contributed by atoms with Gasteiger partial charge in [-0.3, -0.25) is 24.2 Å². The maximum atomic E-state index is 14.0. The first-order valence-electron chi connectivity index (χ1n) is 15.0. The molecule has 5 N–H and O–H groups in total. The molecule has 9 nitrogen and oxygen atoms in total. The summed E-state index contributed by atoms with van der Waals surface area (Å²) >= 11 is 0. The molecule has 0 spiro atoms. The van der Waals surface area contributed by atoms with Crippen molar-refractivity contribution in [1.82, 2.24) is 9.80 Å². The van der Waals surface area contributed by atoms with E-state index >= 15 is 0 Å². The molecule has 1 amide bonds. The lowest BCUT2D eigenvalue weighted by atomic mass is 9.59. The number of phenolic OH excluding ortho intramolecular Hbond substituents is 1. The van der Waals surface area contributed by atoms with E-state index in [9.17, 15) is 29.7 Å². The third-order valence-corrected chi connectivity index (χ3v) is 9.31. The van der Waals surface area contributed by atoms with E-state index in [0.29, 0.717) is 18.9 Å². The highest BCUT2D eigenvalue weighted by Gasteiger charge is 2.55. The molecular formula is C34H41N3O6. The number of fused-ring (bicyclic) bond motifs is 3. The summed E-state index contributed by atoms with van der Waals surface area (Å²) in [6.45, 7) is 8.31. The Labute approximate surface area is 252 Å². The molecule has 9 heteroatoms. The first-order chi connectivity index (χ1) is 20.4. The van der Waals surface area contributed by atoms with Gasteiger partial charge in [-0.15, -0.1) is 0 Å². The monoisotopic (exact) mass is 587 g/mol. The number of likely N-dealkylation sites (N-methyl/N-ethyl adjacent to an activating group) is 1. The quantitative estimate of drug-likeness (QED) is 0.267. The van der Waals surface area contributed by atoms with Crippen LogP contribution in [0.25, 0.3) is 16.9 Å². The van der Waals surface area contributed by atoms with Crippen molar-refractivity contribution in [2.45, 2.75) is 58.7 Å². The molecule has 4 atom stereocenters. The van der Waals surface area contributed by atoms with Crippen LogP contribution >= 0.6 is 0 Å². The molecule has 3 aliphatic carbocycles. The number of carbonyl (C=O) groups is 3. The molecule has 5 rings (SSSR count). The summed E-state index contributed by atoms with van der Waals surface area (Å²) in [5, 5.41) is 33.5. The van der Waals surface area contributed by atoms with Gasteiger partial charge in [0.2, 0.25) is 0 Å². The van der Waals surface area contributed by atoms with Crippen LogP contribution in [0, 0.1) is 17.8 Å². The van der Waals surface area contributed by atoms with Crippen molar-refractivity contribution in [2.24, 2.45) is 23.5 Å². The molecule has 2 aromatic rings. The van der Waals surface area contributed by atoms with Crippen molar-refractivity contribution in [3.63, 3.8) is 0 Å². The first-order valence-corrected chi connectivity index (χ1v) is 15.0. The number of nitrogens with zero attached hydrogens (tertiary/aromatic N) is 2. The van der Waals surface area contributed by atoms with Gasteiger partial charge < -0.3 is 21.1 Å². The number of primary amides is 1. The van der Waals surface area contributed by atoms with Gasteiger partial charge in [0, 0.05) is 18.2 Å². The second-order valence-corrected chi connectivity index (χ2v) is 12.6. The van der Waals surface area contributed by atoms with Crippen LogP contribution in [0.15, 0.2) is 53.3 Å². The summed E-state index contributed by atoms with van der Waals surface area (Å²) in [6.07, 6.45) is 1.72. The highest BCUT2D eigenvalue weighted by atomic mass is 16.3. The number of hydrogen-bond acceptors (Lipinski definition) is 8. The molecule has 3 aliphatic rings. The Balaban J connectivity index is 1.59. The normalized spacial score (nSPS) is 23.6. The number of aliphatic hydroxyl groups is 2. The summed E-state index contributed by atoms with van der Waals surface area (Å²) < 4.78 is 0. The summed E-state index contributed by atoms with van der Waals surface area (Å²) in [6, 6.07) is 11.2. The molecular weight excluding hydrogens is 546 g/mol. The van der Waals surface area contributed by atoms with Gasteiger partial charge in [0.1, 0.15) is 22.8 Å². The molecule has 0 radical (unpaired) electrons. The van der Waals surface area contributed by atoms with E-state index < -0.39 is 52.6 Å². The Morgan fingerprint density at radius 2 is 1.79 bits per heavy atom. The zero-order valence-electron chi connectivity index (χ0n) is 25.4. The molecule has 0 heterocycles. The number of phenols is 1. The molecule has 228 valence electrons. The van der Waals surface area contributed by atoms with Gasteiger partial charge in [-0.05, 0) is 100.0 Å². The van der Waals surface area contributed by atoms with E-state index in [2.05, 4.69) is 37.8 Å². The maximum Gasteiger partial charge on any atom is 0.255 e. The van der Waals surface area contributed by atoms with E-state index in [0.717, 1.165) is 41.8 Å². The van der Waals surface area contributed by atoms with Crippen molar-refractivity contribution in [1.29, 1.82) is 0 Å². The van der Waals surface area contributed by atoms with E-state index in [4.69, 9.17) is 5.73 Å². The van der Waals surface area contributed by atoms with E-state index in [1.54, 1.807) is 19.0 Å². The average molecular weight is 588 g/mol. The number of nitrogens with two attached hydrogens (primary N) is 1. The first kappa shape index (κ1) is 30.5. The minimum absolute atomic E-state index is 0.0816. The van der Waals surface area contributed by atoms with E-state index in [-0.39, 0.29) is 22.6 Å². The molecule has 43 heavy (non-hydrogen) atoms. The van der Waals surface area contributed by atoms with Crippen LogP contribution < -0.4 is 5.73 Å². The standard InChI is InChI=1S/C34H41N3O6/c1-6-12-37(17(2)3)16-18-8-7-9-19(13-18)21-10-11-24(38)26-22(21)14-20-15-23-27(31(40)25(20)30(26)39)32(41)28(34(35)43)33(42)29(23)36(4)5/h7-11,13,17,20,23,27,29,38-39,42H,6,12,14-16H2,1-5H3,(H2,35,43)/t20?,23?,27?,29-/m0/s1. The third-order valence-electron chi connectivity index (χ3n) is 9.31. The molecule has 3 unspecified atom stereocenters. The molecule has 0 aromatic heterocycles. The van der Waals surface area contributed by atoms with Crippen molar-refractivity contribution < 1.29 is 29.7 Å². The predicted octanol–water partition coefficient (Wildman–Crippen LogP) is 4.14. The average Bonchev–Trinajstić information content (AvgIpc) is 2.92. The molecule has 1 saturated carbocycles. The highest BCUT2D eigenvalue weighted by molar-refractivity contribution is 6.28. The fraction of sp³-hybridized carbons (Fsp3) is 0.441. The number of allylic oxidation sites excluding steroid dienone is 1. The number of hydrogen-bond donors (Lipinski definition) is 4. The zero-order chi connectivity index (χ0) is 31.3.